The smallest absolute Gasteiger partial charge is 0.259 e. The predicted molar refractivity (Wildman–Crippen MR) is 107 cm³/mol. The molecule has 2 aromatic heterocycles. The van der Waals surface area contributed by atoms with Crippen LogP contribution in [0.1, 0.15) is 21.8 Å². The van der Waals surface area contributed by atoms with Crippen molar-refractivity contribution in [3.8, 4) is 0 Å². The van der Waals surface area contributed by atoms with E-state index >= 15 is 0 Å². The van der Waals surface area contributed by atoms with Crippen LogP contribution in [0.3, 0.4) is 0 Å². The topological polar surface area (TPSA) is 75.0 Å². The van der Waals surface area contributed by atoms with E-state index < -0.39 is 0 Å². The molecule has 0 aliphatic heterocycles. The molecule has 0 aliphatic carbocycles. The van der Waals surface area contributed by atoms with Gasteiger partial charge in [0.15, 0.2) is 0 Å². The van der Waals surface area contributed by atoms with Crippen molar-refractivity contribution in [2.24, 2.45) is 5.73 Å². The van der Waals surface area contributed by atoms with Crippen molar-refractivity contribution >= 4 is 34.0 Å². The summed E-state index contributed by atoms with van der Waals surface area (Å²) in [5, 5.41) is 0.717. The lowest BCUT2D eigenvalue weighted by molar-refractivity contribution is 0.258. The fraction of sp³-hybridized carbons (Fsp3) is 0.333. The van der Waals surface area contributed by atoms with Gasteiger partial charge in [-0.1, -0.05) is 30.3 Å². The second-order valence-corrected chi connectivity index (χ2v) is 7.16. The van der Waals surface area contributed by atoms with Crippen molar-refractivity contribution in [2.75, 3.05) is 13.1 Å². The summed E-state index contributed by atoms with van der Waals surface area (Å²) in [5.74, 6) is 0.693. The third kappa shape index (κ3) is 4.46. The second-order valence-electron chi connectivity index (χ2n) is 5.96. The molecule has 0 fully saturated rings. The van der Waals surface area contributed by atoms with Gasteiger partial charge in [0.2, 0.25) is 0 Å². The summed E-state index contributed by atoms with van der Waals surface area (Å²) in [6, 6.07) is 10.2. The number of fused-ring (bicyclic) bond motifs is 1. The third-order valence-corrected chi connectivity index (χ3v) is 5.26. The minimum absolute atomic E-state index is 0. The normalized spacial score (nSPS) is 11.0. The lowest BCUT2D eigenvalue weighted by Crippen LogP contribution is -2.30. The van der Waals surface area contributed by atoms with Crippen molar-refractivity contribution in [1.82, 2.24) is 14.9 Å². The molecule has 0 saturated carbocycles. The Morgan fingerprint density at radius 2 is 1.92 bits per heavy atom. The Hall–Kier alpha value is -1.73. The van der Waals surface area contributed by atoms with Crippen LogP contribution in [-0.4, -0.2) is 28.0 Å². The van der Waals surface area contributed by atoms with Gasteiger partial charge < -0.3 is 10.7 Å². The SMILES string of the molecule is Cc1sc2nc(CN(CCN)Cc3ccccc3)[nH]c(=O)c2c1C.Cl. The standard InChI is InChI=1S/C18H22N4OS.ClH/c1-12-13(2)24-18-16(12)17(23)20-15(21-18)11-22(9-8-19)10-14-6-4-3-5-7-14;/h3-7H,8-11,19H2,1-2H3,(H,20,21,23);1H. The lowest BCUT2D eigenvalue weighted by Gasteiger charge is -2.21. The number of benzene rings is 1. The fourth-order valence-corrected chi connectivity index (χ4v) is 3.87. The number of aryl methyl sites for hydroxylation is 2. The maximum Gasteiger partial charge on any atom is 0.259 e. The van der Waals surface area contributed by atoms with Crippen molar-refractivity contribution < 1.29 is 0 Å². The number of rotatable bonds is 6. The molecule has 0 radical (unpaired) electrons. The molecule has 0 saturated heterocycles. The van der Waals surface area contributed by atoms with E-state index in [1.54, 1.807) is 11.3 Å². The summed E-state index contributed by atoms with van der Waals surface area (Å²) < 4.78 is 0. The number of hydrogen-bond acceptors (Lipinski definition) is 5. The molecule has 3 aromatic rings. The van der Waals surface area contributed by atoms with E-state index in [2.05, 4.69) is 27.0 Å². The van der Waals surface area contributed by atoms with Crippen LogP contribution in [0.15, 0.2) is 35.1 Å². The van der Waals surface area contributed by atoms with Gasteiger partial charge in [-0.25, -0.2) is 4.98 Å². The first-order valence-electron chi connectivity index (χ1n) is 8.03. The summed E-state index contributed by atoms with van der Waals surface area (Å²) in [5.41, 5.74) is 7.94. The average molecular weight is 379 g/mol. The van der Waals surface area contributed by atoms with Gasteiger partial charge in [-0.3, -0.25) is 9.69 Å². The van der Waals surface area contributed by atoms with Crippen LogP contribution in [0, 0.1) is 13.8 Å². The molecule has 0 bridgehead atoms. The maximum absolute atomic E-state index is 12.4. The van der Waals surface area contributed by atoms with Gasteiger partial charge in [0.25, 0.3) is 5.56 Å². The molecule has 5 nitrogen and oxygen atoms in total. The number of nitrogens with two attached hydrogens (primary N) is 1. The Bertz CT molecular complexity index is 891. The van der Waals surface area contributed by atoms with E-state index in [1.165, 1.54) is 5.56 Å². The predicted octanol–water partition coefficient (Wildman–Crippen LogP) is 2.98. The monoisotopic (exact) mass is 378 g/mol. The first-order chi connectivity index (χ1) is 11.6. The molecule has 2 heterocycles. The lowest BCUT2D eigenvalue weighted by atomic mass is 10.2. The van der Waals surface area contributed by atoms with E-state index in [0.29, 0.717) is 18.9 Å². The van der Waals surface area contributed by atoms with Crippen LogP contribution in [-0.2, 0) is 13.1 Å². The van der Waals surface area contributed by atoms with Crippen LogP contribution in [0.2, 0.25) is 0 Å². The van der Waals surface area contributed by atoms with Crippen LogP contribution in [0.5, 0.6) is 0 Å². The molecule has 134 valence electrons. The summed E-state index contributed by atoms with van der Waals surface area (Å²) in [4.78, 5) is 24.2. The summed E-state index contributed by atoms with van der Waals surface area (Å²) in [6.07, 6.45) is 0. The Labute approximate surface area is 157 Å². The fourth-order valence-electron chi connectivity index (χ4n) is 2.82. The van der Waals surface area contributed by atoms with Gasteiger partial charge in [0.05, 0.1) is 11.9 Å². The summed E-state index contributed by atoms with van der Waals surface area (Å²) in [6.45, 7) is 6.67. The molecule has 0 unspecified atom stereocenters. The molecule has 0 spiro atoms. The van der Waals surface area contributed by atoms with Crippen molar-refractivity contribution in [2.45, 2.75) is 26.9 Å². The van der Waals surface area contributed by atoms with Gasteiger partial charge in [-0.2, -0.15) is 0 Å². The van der Waals surface area contributed by atoms with Crippen molar-refractivity contribution in [3.05, 3.63) is 62.5 Å². The van der Waals surface area contributed by atoms with Crippen molar-refractivity contribution in [1.29, 1.82) is 0 Å². The Kier molecular flexibility index (Phi) is 6.72. The molecule has 3 rings (SSSR count). The van der Waals surface area contributed by atoms with Gasteiger partial charge >= 0.3 is 0 Å². The summed E-state index contributed by atoms with van der Waals surface area (Å²) >= 11 is 1.58. The molecule has 1 aromatic carbocycles. The van der Waals surface area contributed by atoms with Crippen molar-refractivity contribution in [3.63, 3.8) is 0 Å². The zero-order valence-corrected chi connectivity index (χ0v) is 16.0. The van der Waals surface area contributed by atoms with Crippen LogP contribution in [0.25, 0.3) is 10.2 Å². The molecule has 0 aliphatic rings. The Balaban J connectivity index is 0.00000225. The number of thiophene rings is 1. The van der Waals surface area contributed by atoms with Crippen LogP contribution < -0.4 is 11.3 Å². The first-order valence-corrected chi connectivity index (χ1v) is 8.85. The van der Waals surface area contributed by atoms with E-state index in [1.807, 2.05) is 32.0 Å². The quantitative estimate of drug-likeness (QED) is 0.691. The third-order valence-electron chi connectivity index (χ3n) is 4.16. The highest BCUT2D eigenvalue weighted by molar-refractivity contribution is 7.18. The zero-order valence-electron chi connectivity index (χ0n) is 14.4. The highest BCUT2D eigenvalue weighted by atomic mass is 35.5. The van der Waals surface area contributed by atoms with Gasteiger partial charge in [0, 0.05) is 24.5 Å². The zero-order chi connectivity index (χ0) is 17.1. The average Bonchev–Trinajstić information content (AvgIpc) is 2.83. The number of hydrogen-bond donors (Lipinski definition) is 2. The number of nitrogens with one attached hydrogen (secondary N) is 1. The van der Waals surface area contributed by atoms with E-state index in [9.17, 15) is 4.79 Å². The molecule has 0 atom stereocenters. The minimum Gasteiger partial charge on any atom is -0.329 e. The number of nitrogens with zero attached hydrogens (tertiary/aromatic N) is 2. The van der Waals surface area contributed by atoms with Gasteiger partial charge in [0.1, 0.15) is 10.7 Å². The molecular weight excluding hydrogens is 356 g/mol. The van der Waals surface area contributed by atoms with E-state index in [0.717, 1.165) is 33.7 Å². The number of halogens is 1. The number of aromatic nitrogens is 2. The molecule has 3 N–H and O–H groups in total. The highest BCUT2D eigenvalue weighted by Gasteiger charge is 2.14. The molecule has 25 heavy (non-hydrogen) atoms. The molecular formula is C18H23ClN4OS. The Morgan fingerprint density at radius 3 is 2.60 bits per heavy atom. The van der Waals surface area contributed by atoms with E-state index in [-0.39, 0.29) is 18.0 Å². The molecule has 7 heteroatoms. The van der Waals surface area contributed by atoms with Gasteiger partial charge in [-0.15, -0.1) is 23.7 Å². The largest absolute Gasteiger partial charge is 0.329 e. The van der Waals surface area contributed by atoms with Gasteiger partial charge in [-0.05, 0) is 25.0 Å². The maximum atomic E-state index is 12.4. The van der Waals surface area contributed by atoms with Crippen LogP contribution >= 0.6 is 23.7 Å². The Morgan fingerprint density at radius 1 is 1.20 bits per heavy atom. The highest BCUT2D eigenvalue weighted by Crippen LogP contribution is 2.25. The second kappa shape index (κ2) is 8.58. The minimum atomic E-state index is -0.0516. The first kappa shape index (κ1) is 19.6. The molecule has 0 amide bonds. The van der Waals surface area contributed by atoms with Crippen LogP contribution in [0.4, 0.5) is 0 Å². The summed E-state index contributed by atoms with van der Waals surface area (Å²) in [7, 11) is 0. The number of aromatic amines is 1. The number of H-pyrrole nitrogens is 1. The van der Waals surface area contributed by atoms with E-state index in [4.69, 9.17) is 5.73 Å².